The Labute approximate surface area is 87.9 Å². The number of benzene rings is 1. The van der Waals surface area contributed by atoms with E-state index in [1.54, 1.807) is 31.2 Å². The zero-order valence-electron chi connectivity index (χ0n) is 8.43. The van der Waals surface area contributed by atoms with Crippen LogP contribution in [0.1, 0.15) is 17.3 Å². The molecule has 0 bridgehead atoms. The molecule has 0 saturated heterocycles. The molecule has 1 rings (SSSR count). The molecular weight excluding hydrogens is 194 g/mol. The van der Waals surface area contributed by atoms with Crippen molar-refractivity contribution in [3.63, 3.8) is 0 Å². The van der Waals surface area contributed by atoms with E-state index in [-0.39, 0.29) is 5.97 Å². The lowest BCUT2D eigenvalue weighted by atomic mass is 10.2. The number of carbonyl (C=O) groups is 1. The highest BCUT2D eigenvalue weighted by molar-refractivity contribution is 5.89. The Bertz CT molecular complexity index is 346. The van der Waals surface area contributed by atoms with Gasteiger partial charge in [-0.1, -0.05) is 0 Å². The number of rotatable bonds is 4. The number of carbonyl (C=O) groups excluding carboxylic acids is 1. The molecule has 0 fully saturated rings. The maximum absolute atomic E-state index is 11.3. The van der Waals surface area contributed by atoms with Crippen molar-refractivity contribution in [3.8, 4) is 0 Å². The molecule has 0 aromatic heterocycles. The van der Waals surface area contributed by atoms with Crippen molar-refractivity contribution >= 4 is 18.0 Å². The molecule has 0 aliphatic heterocycles. The topological polar surface area (TPSA) is 76.7 Å². The predicted molar refractivity (Wildman–Crippen MR) is 57.9 cm³/mol. The standard InChI is InChI=1S/C10H13N3O2/c1-2-15-10(14)8-3-5-9(6-4-8)12-7-13-11/h3-7H,2,11H2,1H3,(H,12,13). The Morgan fingerprint density at radius 2 is 2.20 bits per heavy atom. The van der Waals surface area contributed by atoms with E-state index in [1.165, 1.54) is 6.34 Å². The molecule has 80 valence electrons. The lowest BCUT2D eigenvalue weighted by Gasteiger charge is -2.01. The van der Waals surface area contributed by atoms with Crippen LogP contribution < -0.4 is 11.3 Å². The van der Waals surface area contributed by atoms with E-state index in [2.05, 4.69) is 10.4 Å². The first kappa shape index (κ1) is 11.2. The second-order valence-corrected chi connectivity index (χ2v) is 2.69. The molecule has 0 aliphatic rings. The molecule has 1 aromatic carbocycles. The van der Waals surface area contributed by atoms with Gasteiger partial charge in [0.25, 0.3) is 0 Å². The molecule has 0 saturated carbocycles. The Hall–Kier alpha value is -1.88. The number of nitrogens with zero attached hydrogens (tertiary/aromatic N) is 1. The highest BCUT2D eigenvalue weighted by atomic mass is 16.5. The van der Waals surface area contributed by atoms with Crippen LogP contribution in [0.3, 0.4) is 0 Å². The molecule has 5 heteroatoms. The monoisotopic (exact) mass is 207 g/mol. The predicted octanol–water partition coefficient (Wildman–Crippen LogP) is 0.986. The van der Waals surface area contributed by atoms with Crippen molar-refractivity contribution in [1.82, 2.24) is 5.43 Å². The van der Waals surface area contributed by atoms with Crippen LogP contribution in [0.2, 0.25) is 0 Å². The van der Waals surface area contributed by atoms with Gasteiger partial charge in [0, 0.05) is 0 Å². The minimum absolute atomic E-state index is 0.329. The van der Waals surface area contributed by atoms with Crippen molar-refractivity contribution in [3.05, 3.63) is 29.8 Å². The average molecular weight is 207 g/mol. The molecule has 0 aliphatic carbocycles. The first-order valence-electron chi connectivity index (χ1n) is 4.53. The van der Waals surface area contributed by atoms with Crippen LogP contribution in [-0.4, -0.2) is 18.9 Å². The summed E-state index contributed by atoms with van der Waals surface area (Å²) in [6.07, 6.45) is 1.36. The second-order valence-electron chi connectivity index (χ2n) is 2.69. The van der Waals surface area contributed by atoms with Crippen LogP contribution in [-0.2, 0) is 4.74 Å². The minimum Gasteiger partial charge on any atom is -0.462 e. The summed E-state index contributed by atoms with van der Waals surface area (Å²) in [4.78, 5) is 15.2. The van der Waals surface area contributed by atoms with Gasteiger partial charge in [-0.3, -0.25) is 0 Å². The average Bonchev–Trinajstić information content (AvgIpc) is 2.27. The largest absolute Gasteiger partial charge is 0.462 e. The SMILES string of the molecule is CCOC(=O)c1ccc(N=CNN)cc1. The zero-order chi connectivity index (χ0) is 11.1. The summed E-state index contributed by atoms with van der Waals surface area (Å²) in [5, 5.41) is 0. The number of aliphatic imine (C=N–C) groups is 1. The van der Waals surface area contributed by atoms with E-state index in [1.807, 2.05) is 0 Å². The van der Waals surface area contributed by atoms with Crippen molar-refractivity contribution < 1.29 is 9.53 Å². The number of hydrogen-bond donors (Lipinski definition) is 2. The second kappa shape index (κ2) is 5.77. The quantitative estimate of drug-likeness (QED) is 0.254. The molecule has 15 heavy (non-hydrogen) atoms. The van der Waals surface area contributed by atoms with Crippen molar-refractivity contribution in [1.29, 1.82) is 0 Å². The van der Waals surface area contributed by atoms with Crippen molar-refractivity contribution in [2.45, 2.75) is 6.92 Å². The fourth-order valence-electron chi connectivity index (χ4n) is 1.01. The van der Waals surface area contributed by atoms with E-state index >= 15 is 0 Å². The highest BCUT2D eigenvalue weighted by Crippen LogP contribution is 2.12. The van der Waals surface area contributed by atoms with E-state index in [0.717, 1.165) is 0 Å². The fourth-order valence-corrected chi connectivity index (χ4v) is 1.01. The van der Waals surface area contributed by atoms with Gasteiger partial charge in [-0.25, -0.2) is 15.6 Å². The smallest absolute Gasteiger partial charge is 0.338 e. The van der Waals surface area contributed by atoms with Crippen LogP contribution in [0.15, 0.2) is 29.3 Å². The number of nitrogens with one attached hydrogen (secondary N) is 1. The summed E-state index contributed by atoms with van der Waals surface area (Å²) in [7, 11) is 0. The Morgan fingerprint density at radius 3 is 2.73 bits per heavy atom. The molecule has 0 spiro atoms. The molecule has 0 atom stereocenters. The summed E-state index contributed by atoms with van der Waals surface area (Å²) >= 11 is 0. The van der Waals surface area contributed by atoms with E-state index in [4.69, 9.17) is 10.6 Å². The fraction of sp³-hybridized carbons (Fsp3) is 0.200. The summed E-state index contributed by atoms with van der Waals surface area (Å²) in [6.45, 7) is 2.14. The normalized spacial score (nSPS) is 10.3. The first-order chi connectivity index (χ1) is 7.27. The van der Waals surface area contributed by atoms with Gasteiger partial charge in [-0.05, 0) is 31.2 Å². The third-order valence-electron chi connectivity index (χ3n) is 1.67. The molecule has 0 amide bonds. The zero-order valence-corrected chi connectivity index (χ0v) is 8.43. The highest BCUT2D eigenvalue weighted by Gasteiger charge is 2.04. The van der Waals surface area contributed by atoms with Crippen LogP contribution in [0, 0.1) is 0 Å². The van der Waals surface area contributed by atoms with Gasteiger partial charge in [-0.2, -0.15) is 0 Å². The van der Waals surface area contributed by atoms with Crippen LogP contribution in [0.25, 0.3) is 0 Å². The number of esters is 1. The third kappa shape index (κ3) is 3.40. The molecule has 1 aromatic rings. The maximum atomic E-state index is 11.3. The Kier molecular flexibility index (Phi) is 4.30. The summed E-state index contributed by atoms with van der Waals surface area (Å²) in [6, 6.07) is 6.72. The maximum Gasteiger partial charge on any atom is 0.338 e. The number of nitrogens with two attached hydrogens (primary N) is 1. The molecule has 5 nitrogen and oxygen atoms in total. The minimum atomic E-state index is -0.329. The summed E-state index contributed by atoms with van der Waals surface area (Å²) in [5.74, 6) is 4.69. The molecule has 0 heterocycles. The lowest BCUT2D eigenvalue weighted by molar-refractivity contribution is 0.0526. The molecule has 3 N–H and O–H groups in total. The van der Waals surface area contributed by atoms with Gasteiger partial charge >= 0.3 is 5.97 Å². The number of hydrazine groups is 1. The molecular formula is C10H13N3O2. The van der Waals surface area contributed by atoms with E-state index < -0.39 is 0 Å². The van der Waals surface area contributed by atoms with Gasteiger partial charge in [-0.15, -0.1) is 0 Å². The van der Waals surface area contributed by atoms with Gasteiger partial charge in [0.1, 0.15) is 6.34 Å². The number of hydrogen-bond acceptors (Lipinski definition) is 4. The van der Waals surface area contributed by atoms with Crippen LogP contribution >= 0.6 is 0 Å². The lowest BCUT2D eigenvalue weighted by Crippen LogP contribution is -2.18. The van der Waals surface area contributed by atoms with Crippen molar-refractivity contribution in [2.24, 2.45) is 10.8 Å². The Balaban J connectivity index is 2.71. The summed E-state index contributed by atoms with van der Waals surface area (Å²) in [5.41, 5.74) is 3.51. The van der Waals surface area contributed by atoms with Gasteiger partial charge in [0.15, 0.2) is 0 Å². The first-order valence-corrected chi connectivity index (χ1v) is 4.53. The number of ether oxygens (including phenoxy) is 1. The molecule has 0 unspecified atom stereocenters. The Morgan fingerprint density at radius 1 is 1.53 bits per heavy atom. The van der Waals surface area contributed by atoms with Gasteiger partial charge in [0.2, 0.25) is 0 Å². The van der Waals surface area contributed by atoms with E-state index in [0.29, 0.717) is 17.9 Å². The molecule has 0 radical (unpaired) electrons. The van der Waals surface area contributed by atoms with E-state index in [9.17, 15) is 4.79 Å². The van der Waals surface area contributed by atoms with Crippen LogP contribution in [0.4, 0.5) is 5.69 Å². The van der Waals surface area contributed by atoms with Crippen LogP contribution in [0.5, 0.6) is 0 Å². The van der Waals surface area contributed by atoms with Crippen molar-refractivity contribution in [2.75, 3.05) is 6.61 Å². The third-order valence-corrected chi connectivity index (χ3v) is 1.67. The van der Waals surface area contributed by atoms with Gasteiger partial charge in [0.05, 0.1) is 17.9 Å². The van der Waals surface area contributed by atoms with Gasteiger partial charge < -0.3 is 10.2 Å². The summed E-state index contributed by atoms with van der Waals surface area (Å²) < 4.78 is 4.84.